The van der Waals surface area contributed by atoms with E-state index in [-0.39, 0.29) is 18.0 Å². The summed E-state index contributed by atoms with van der Waals surface area (Å²) in [5.41, 5.74) is 0.777. The third-order valence-electron chi connectivity index (χ3n) is 2.82. The van der Waals surface area contributed by atoms with Crippen molar-refractivity contribution in [2.75, 3.05) is 6.61 Å². The molecule has 0 spiro atoms. The number of aliphatic hydroxyl groups is 1. The third-order valence-corrected chi connectivity index (χ3v) is 4.41. The fourth-order valence-electron chi connectivity index (χ4n) is 1.75. The molecule has 0 aliphatic carbocycles. The second-order valence-electron chi connectivity index (χ2n) is 4.47. The van der Waals surface area contributed by atoms with Crippen LogP contribution < -0.4 is 4.72 Å². The van der Waals surface area contributed by atoms with Crippen molar-refractivity contribution in [1.29, 1.82) is 0 Å². The molecule has 114 valence electrons. The van der Waals surface area contributed by atoms with Crippen molar-refractivity contribution >= 4 is 21.6 Å². The predicted octanol–water partition coefficient (Wildman–Crippen LogP) is 1.40. The maximum absolute atomic E-state index is 12.1. The van der Waals surface area contributed by atoms with Gasteiger partial charge in [0.2, 0.25) is 10.0 Å². The first-order chi connectivity index (χ1) is 10.0. The van der Waals surface area contributed by atoms with Crippen molar-refractivity contribution in [2.45, 2.75) is 24.4 Å². The number of nitrogens with zero attached hydrogens (tertiary/aromatic N) is 2. The molecule has 0 aliphatic rings. The minimum atomic E-state index is -3.61. The Balaban J connectivity index is 2.02. The maximum atomic E-state index is 12.1. The number of nitrogens with one attached hydrogen (secondary N) is 1. The van der Waals surface area contributed by atoms with Crippen LogP contribution in [-0.4, -0.2) is 29.9 Å². The summed E-state index contributed by atoms with van der Waals surface area (Å²) in [5.74, 6) is 0. The summed E-state index contributed by atoms with van der Waals surface area (Å²) in [4.78, 5) is 0.0995. The lowest BCUT2D eigenvalue weighted by molar-refractivity contribution is 0.277. The average molecular weight is 330 g/mol. The van der Waals surface area contributed by atoms with E-state index in [0.717, 1.165) is 5.56 Å². The summed E-state index contributed by atoms with van der Waals surface area (Å²) in [5, 5.41) is 13.3. The first-order valence-electron chi connectivity index (χ1n) is 6.39. The number of benzene rings is 1. The zero-order valence-electron chi connectivity index (χ0n) is 11.2. The summed E-state index contributed by atoms with van der Waals surface area (Å²) in [6.45, 7) is 0.667. The van der Waals surface area contributed by atoms with Crippen LogP contribution in [0.4, 0.5) is 0 Å². The lowest BCUT2D eigenvalue weighted by atomic mass is 10.2. The number of hydrogen-bond donors (Lipinski definition) is 2. The van der Waals surface area contributed by atoms with Gasteiger partial charge in [-0.1, -0.05) is 23.7 Å². The molecular formula is C13H16ClN3O3S. The molecule has 0 fully saturated rings. The van der Waals surface area contributed by atoms with Crippen molar-refractivity contribution in [3.63, 3.8) is 0 Å². The van der Waals surface area contributed by atoms with Gasteiger partial charge in [-0.05, 0) is 24.1 Å². The van der Waals surface area contributed by atoms with E-state index in [0.29, 0.717) is 18.0 Å². The van der Waals surface area contributed by atoms with Gasteiger partial charge in [-0.25, -0.2) is 13.1 Å². The second-order valence-corrected chi connectivity index (χ2v) is 6.67. The van der Waals surface area contributed by atoms with E-state index in [1.807, 2.05) is 0 Å². The zero-order chi connectivity index (χ0) is 15.3. The summed E-state index contributed by atoms with van der Waals surface area (Å²) in [7, 11) is -3.61. The van der Waals surface area contributed by atoms with Crippen LogP contribution in [0, 0.1) is 0 Å². The highest BCUT2D eigenvalue weighted by Gasteiger charge is 2.16. The van der Waals surface area contributed by atoms with Crippen molar-refractivity contribution in [3.8, 4) is 0 Å². The molecule has 1 heterocycles. The maximum Gasteiger partial charge on any atom is 0.243 e. The summed E-state index contributed by atoms with van der Waals surface area (Å²) >= 11 is 5.85. The molecule has 0 amide bonds. The molecule has 0 aliphatic heterocycles. The Morgan fingerprint density at radius 3 is 2.90 bits per heavy atom. The van der Waals surface area contributed by atoms with Gasteiger partial charge in [-0.15, -0.1) is 0 Å². The van der Waals surface area contributed by atoms with Crippen molar-refractivity contribution < 1.29 is 13.5 Å². The van der Waals surface area contributed by atoms with Crippen LogP contribution in [0.1, 0.15) is 12.0 Å². The van der Waals surface area contributed by atoms with Crippen LogP contribution in [0.25, 0.3) is 0 Å². The number of rotatable bonds is 7. The predicted molar refractivity (Wildman–Crippen MR) is 79.4 cm³/mol. The normalized spacial score (nSPS) is 11.7. The van der Waals surface area contributed by atoms with Gasteiger partial charge in [0.15, 0.2) is 0 Å². The molecule has 2 rings (SSSR count). The monoisotopic (exact) mass is 329 g/mol. The number of aryl methyl sites for hydroxylation is 1. The van der Waals surface area contributed by atoms with Crippen molar-refractivity contribution in [3.05, 3.63) is 47.2 Å². The van der Waals surface area contributed by atoms with Gasteiger partial charge in [-0.3, -0.25) is 4.68 Å². The van der Waals surface area contributed by atoms with E-state index < -0.39 is 10.0 Å². The number of aromatic nitrogens is 2. The average Bonchev–Trinajstić information content (AvgIpc) is 2.93. The lowest BCUT2D eigenvalue weighted by Crippen LogP contribution is -2.22. The molecule has 0 saturated carbocycles. The Morgan fingerprint density at radius 1 is 1.38 bits per heavy atom. The lowest BCUT2D eigenvalue weighted by Gasteiger charge is -2.05. The molecule has 21 heavy (non-hydrogen) atoms. The summed E-state index contributed by atoms with van der Waals surface area (Å²) in [6.07, 6.45) is 3.25. The largest absolute Gasteiger partial charge is 0.396 e. The highest BCUT2D eigenvalue weighted by atomic mass is 35.5. The molecule has 1 aromatic carbocycles. The molecule has 0 bridgehead atoms. The smallest absolute Gasteiger partial charge is 0.243 e. The third kappa shape index (κ3) is 4.53. The first-order valence-corrected chi connectivity index (χ1v) is 8.25. The van der Waals surface area contributed by atoms with Crippen LogP contribution in [-0.2, 0) is 23.1 Å². The highest BCUT2D eigenvalue weighted by molar-refractivity contribution is 7.89. The van der Waals surface area contributed by atoms with Gasteiger partial charge in [-0.2, -0.15) is 5.10 Å². The molecule has 2 aromatic rings. The van der Waals surface area contributed by atoms with Gasteiger partial charge in [0.25, 0.3) is 0 Å². The molecule has 2 N–H and O–H groups in total. The fourth-order valence-corrected chi connectivity index (χ4v) is 2.93. The van der Waals surface area contributed by atoms with Crippen LogP contribution in [0.3, 0.4) is 0 Å². The Kier molecular flexibility index (Phi) is 5.35. The van der Waals surface area contributed by atoms with Crippen molar-refractivity contribution in [2.24, 2.45) is 0 Å². The first kappa shape index (κ1) is 16.0. The second kappa shape index (κ2) is 7.04. The van der Waals surface area contributed by atoms with E-state index in [2.05, 4.69) is 9.82 Å². The van der Waals surface area contributed by atoms with E-state index in [4.69, 9.17) is 16.7 Å². The van der Waals surface area contributed by atoms with E-state index in [1.165, 1.54) is 17.1 Å². The Morgan fingerprint density at radius 2 is 2.19 bits per heavy atom. The van der Waals surface area contributed by atoms with E-state index >= 15 is 0 Å². The highest BCUT2D eigenvalue weighted by Crippen LogP contribution is 2.12. The molecule has 0 saturated heterocycles. The van der Waals surface area contributed by atoms with Gasteiger partial charge in [0, 0.05) is 30.9 Å². The quantitative estimate of drug-likeness (QED) is 0.804. The zero-order valence-corrected chi connectivity index (χ0v) is 12.8. The molecule has 6 nitrogen and oxygen atoms in total. The Labute approximate surface area is 128 Å². The standard InChI is InChI=1S/C13H16ClN3O3S/c14-12-4-1-3-11(7-12)8-16-21(19,20)13-9-15-17(10-13)5-2-6-18/h1,3-4,7,9-10,16,18H,2,5-6,8H2. The Bertz CT molecular complexity index is 700. The molecule has 8 heteroatoms. The fraction of sp³-hybridized carbons (Fsp3) is 0.308. The van der Waals surface area contributed by atoms with E-state index in [1.54, 1.807) is 24.3 Å². The minimum Gasteiger partial charge on any atom is -0.396 e. The van der Waals surface area contributed by atoms with Gasteiger partial charge in [0.1, 0.15) is 4.90 Å². The summed E-state index contributed by atoms with van der Waals surface area (Å²) in [6, 6.07) is 6.98. The van der Waals surface area contributed by atoms with Crippen LogP contribution in [0.15, 0.2) is 41.6 Å². The molecular weight excluding hydrogens is 314 g/mol. The van der Waals surface area contributed by atoms with Gasteiger partial charge < -0.3 is 5.11 Å². The molecule has 1 aromatic heterocycles. The topological polar surface area (TPSA) is 84.2 Å². The SMILES string of the molecule is O=S(=O)(NCc1cccc(Cl)c1)c1cnn(CCCO)c1. The number of sulfonamides is 1. The number of hydrogen-bond acceptors (Lipinski definition) is 4. The van der Waals surface area contributed by atoms with Crippen molar-refractivity contribution in [1.82, 2.24) is 14.5 Å². The van der Waals surface area contributed by atoms with E-state index in [9.17, 15) is 8.42 Å². The van der Waals surface area contributed by atoms with Crippen LogP contribution in [0.2, 0.25) is 5.02 Å². The van der Waals surface area contributed by atoms with Gasteiger partial charge >= 0.3 is 0 Å². The minimum absolute atomic E-state index is 0.0367. The number of halogens is 1. The van der Waals surface area contributed by atoms with Gasteiger partial charge in [0.05, 0.1) is 6.20 Å². The summed E-state index contributed by atoms with van der Waals surface area (Å²) < 4.78 is 28.3. The molecule has 0 unspecified atom stereocenters. The van der Waals surface area contributed by atoms with Crippen LogP contribution in [0.5, 0.6) is 0 Å². The van der Waals surface area contributed by atoms with Crippen LogP contribution >= 0.6 is 11.6 Å². The number of aliphatic hydroxyl groups excluding tert-OH is 1. The Hall–Kier alpha value is -1.41. The molecule has 0 radical (unpaired) electrons. The molecule has 0 atom stereocenters.